The molecule has 0 saturated heterocycles. The van der Waals surface area contributed by atoms with E-state index in [0.717, 1.165) is 22.3 Å². The van der Waals surface area contributed by atoms with E-state index in [1.54, 1.807) is 24.3 Å². The first-order valence-corrected chi connectivity index (χ1v) is 10.4. The molecule has 0 saturated carbocycles. The summed E-state index contributed by atoms with van der Waals surface area (Å²) >= 11 is 0. The Hall–Kier alpha value is -3.80. The lowest BCUT2D eigenvalue weighted by Crippen LogP contribution is -2.24. The van der Waals surface area contributed by atoms with Gasteiger partial charge in [0.25, 0.3) is 11.8 Å². The van der Waals surface area contributed by atoms with Gasteiger partial charge in [-0.05, 0) is 63.1 Å². The molecule has 0 unspecified atom stereocenters. The zero-order valence-electron chi connectivity index (χ0n) is 18.8. The van der Waals surface area contributed by atoms with Gasteiger partial charge in [-0.3, -0.25) is 9.59 Å². The molecule has 0 aliphatic rings. The Kier molecular flexibility index (Phi) is 7.49. The minimum Gasteiger partial charge on any atom is -0.483 e. The van der Waals surface area contributed by atoms with Crippen LogP contribution in [-0.4, -0.2) is 25.0 Å². The summed E-state index contributed by atoms with van der Waals surface area (Å²) in [7, 11) is 0. The Balaban J connectivity index is 1.56. The number of carbonyl (C=O) groups is 2. The molecule has 3 aromatic rings. The van der Waals surface area contributed by atoms with Gasteiger partial charge in [-0.1, -0.05) is 47.5 Å². The summed E-state index contributed by atoms with van der Waals surface area (Å²) in [6.45, 7) is 7.60. The molecule has 166 valence electrons. The minimum atomic E-state index is -0.321. The lowest BCUT2D eigenvalue weighted by molar-refractivity contribution is -0.119. The Bertz CT molecular complexity index is 1040. The largest absolute Gasteiger partial charge is 0.483 e. The summed E-state index contributed by atoms with van der Waals surface area (Å²) in [6.07, 6.45) is 0. The molecule has 0 atom stereocenters. The van der Waals surface area contributed by atoms with Crippen LogP contribution in [0.1, 0.15) is 22.3 Å². The lowest BCUT2D eigenvalue weighted by atomic mass is 10.1. The predicted octanol–water partition coefficient (Wildman–Crippen LogP) is 4.96. The molecule has 2 N–H and O–H groups in total. The number of hydrogen-bond donors (Lipinski definition) is 2. The van der Waals surface area contributed by atoms with Gasteiger partial charge in [0.2, 0.25) is 0 Å². The summed E-state index contributed by atoms with van der Waals surface area (Å²) in [6, 6.07) is 18.6. The molecule has 0 radical (unpaired) electrons. The van der Waals surface area contributed by atoms with Crippen LogP contribution >= 0.6 is 0 Å². The van der Waals surface area contributed by atoms with Crippen LogP contribution in [-0.2, 0) is 9.59 Å². The zero-order chi connectivity index (χ0) is 23.1. The Morgan fingerprint density at radius 2 is 1.06 bits per heavy atom. The van der Waals surface area contributed by atoms with Crippen LogP contribution in [0.15, 0.2) is 60.7 Å². The highest BCUT2D eigenvalue weighted by Crippen LogP contribution is 2.23. The first-order valence-electron chi connectivity index (χ1n) is 10.4. The average Bonchev–Trinajstić information content (AvgIpc) is 2.74. The molecule has 0 aliphatic heterocycles. The van der Waals surface area contributed by atoms with Crippen molar-refractivity contribution in [2.75, 3.05) is 23.8 Å². The van der Waals surface area contributed by atoms with Crippen molar-refractivity contribution in [1.82, 2.24) is 0 Å². The first kappa shape index (κ1) is 22.9. The highest BCUT2D eigenvalue weighted by Gasteiger charge is 2.12. The lowest BCUT2D eigenvalue weighted by Gasteiger charge is -2.14. The smallest absolute Gasteiger partial charge is 0.262 e. The average molecular weight is 433 g/mol. The molecular weight excluding hydrogens is 404 g/mol. The van der Waals surface area contributed by atoms with Gasteiger partial charge in [0.15, 0.2) is 13.2 Å². The van der Waals surface area contributed by atoms with E-state index in [-0.39, 0.29) is 25.0 Å². The van der Waals surface area contributed by atoms with Crippen molar-refractivity contribution in [3.05, 3.63) is 82.9 Å². The van der Waals surface area contributed by atoms with Crippen LogP contribution in [0.2, 0.25) is 0 Å². The highest BCUT2D eigenvalue weighted by molar-refractivity contribution is 6.00. The van der Waals surface area contributed by atoms with E-state index < -0.39 is 0 Å². The van der Waals surface area contributed by atoms with Gasteiger partial charge in [-0.25, -0.2) is 0 Å². The van der Waals surface area contributed by atoms with Crippen molar-refractivity contribution in [3.63, 3.8) is 0 Å². The van der Waals surface area contributed by atoms with Crippen LogP contribution < -0.4 is 20.1 Å². The van der Waals surface area contributed by atoms with Crippen LogP contribution in [0.4, 0.5) is 11.4 Å². The second-order valence-electron chi connectivity index (χ2n) is 7.76. The number of benzene rings is 3. The van der Waals surface area contributed by atoms with Crippen molar-refractivity contribution < 1.29 is 19.1 Å². The zero-order valence-corrected chi connectivity index (χ0v) is 18.8. The number of nitrogens with one attached hydrogen (secondary N) is 2. The topological polar surface area (TPSA) is 76.7 Å². The van der Waals surface area contributed by atoms with Gasteiger partial charge in [-0.2, -0.15) is 0 Å². The summed E-state index contributed by atoms with van der Waals surface area (Å²) in [5.74, 6) is 0.684. The van der Waals surface area contributed by atoms with E-state index in [1.807, 2.05) is 64.1 Å². The fourth-order valence-corrected chi connectivity index (χ4v) is 3.28. The van der Waals surface area contributed by atoms with Crippen molar-refractivity contribution >= 4 is 23.2 Å². The van der Waals surface area contributed by atoms with E-state index in [4.69, 9.17) is 9.47 Å². The first-order chi connectivity index (χ1) is 15.3. The Morgan fingerprint density at radius 3 is 1.44 bits per heavy atom. The van der Waals surface area contributed by atoms with E-state index in [9.17, 15) is 9.59 Å². The molecular formula is C26H28N2O4. The number of hydrogen-bond acceptors (Lipinski definition) is 4. The fraction of sp³-hybridized carbons (Fsp3) is 0.231. The van der Waals surface area contributed by atoms with Crippen LogP contribution in [0, 0.1) is 27.7 Å². The molecule has 0 spiro atoms. The Labute approximate surface area is 188 Å². The molecule has 2 amide bonds. The van der Waals surface area contributed by atoms with Gasteiger partial charge < -0.3 is 20.1 Å². The second-order valence-corrected chi connectivity index (χ2v) is 7.76. The summed E-state index contributed by atoms with van der Waals surface area (Å²) in [5.41, 5.74) is 5.17. The minimum absolute atomic E-state index is 0.137. The quantitative estimate of drug-likeness (QED) is 0.528. The molecule has 0 fully saturated rings. The highest BCUT2D eigenvalue weighted by atomic mass is 16.5. The fourth-order valence-electron chi connectivity index (χ4n) is 3.28. The maximum absolute atomic E-state index is 12.4. The molecule has 32 heavy (non-hydrogen) atoms. The van der Waals surface area contributed by atoms with Crippen molar-refractivity contribution in [3.8, 4) is 11.5 Å². The maximum atomic E-state index is 12.4. The third kappa shape index (κ3) is 6.35. The summed E-state index contributed by atoms with van der Waals surface area (Å²) in [4.78, 5) is 24.8. The number of anilines is 2. The van der Waals surface area contributed by atoms with Crippen LogP contribution in [0.3, 0.4) is 0 Å². The van der Waals surface area contributed by atoms with E-state index in [1.165, 1.54) is 0 Å². The van der Waals surface area contributed by atoms with E-state index in [0.29, 0.717) is 22.9 Å². The van der Waals surface area contributed by atoms with Gasteiger partial charge in [0, 0.05) is 0 Å². The van der Waals surface area contributed by atoms with E-state index in [2.05, 4.69) is 10.6 Å². The number of rotatable bonds is 8. The molecule has 3 aromatic carbocycles. The second kappa shape index (κ2) is 10.5. The van der Waals surface area contributed by atoms with Crippen LogP contribution in [0.25, 0.3) is 0 Å². The number of ether oxygens (including phenoxy) is 2. The molecule has 0 aliphatic carbocycles. The van der Waals surface area contributed by atoms with Crippen molar-refractivity contribution in [2.24, 2.45) is 0 Å². The molecule has 6 heteroatoms. The normalized spacial score (nSPS) is 10.4. The standard InChI is InChI=1S/C26H28N2O4/c1-17-9-11-23(19(3)13-17)31-15-25(29)27-21-7-5-6-8-22(21)28-26(30)16-32-24-12-10-18(2)14-20(24)4/h5-14H,15-16H2,1-4H3,(H,27,29)(H,28,30). The Morgan fingerprint density at radius 1 is 0.656 bits per heavy atom. The van der Waals surface area contributed by atoms with Crippen LogP contribution in [0.5, 0.6) is 11.5 Å². The number of amides is 2. The summed E-state index contributed by atoms with van der Waals surface area (Å²) < 4.78 is 11.3. The van der Waals surface area contributed by atoms with Gasteiger partial charge in [-0.15, -0.1) is 0 Å². The third-order valence-electron chi connectivity index (χ3n) is 4.85. The molecule has 0 aromatic heterocycles. The molecule has 0 bridgehead atoms. The number of para-hydroxylation sites is 2. The molecule has 3 rings (SSSR count). The number of aryl methyl sites for hydroxylation is 4. The van der Waals surface area contributed by atoms with E-state index >= 15 is 0 Å². The number of carbonyl (C=O) groups excluding carboxylic acids is 2. The summed E-state index contributed by atoms with van der Waals surface area (Å²) in [5, 5.41) is 5.57. The monoisotopic (exact) mass is 432 g/mol. The van der Waals surface area contributed by atoms with Crippen molar-refractivity contribution in [1.29, 1.82) is 0 Å². The third-order valence-corrected chi connectivity index (χ3v) is 4.85. The molecule has 6 nitrogen and oxygen atoms in total. The SMILES string of the molecule is Cc1ccc(OCC(=O)Nc2ccccc2NC(=O)COc2ccc(C)cc2C)c(C)c1. The van der Waals surface area contributed by atoms with Crippen molar-refractivity contribution in [2.45, 2.75) is 27.7 Å². The van der Waals surface area contributed by atoms with Gasteiger partial charge in [0.05, 0.1) is 11.4 Å². The predicted molar refractivity (Wildman–Crippen MR) is 127 cm³/mol. The van der Waals surface area contributed by atoms with Gasteiger partial charge >= 0.3 is 0 Å². The molecule has 0 heterocycles. The maximum Gasteiger partial charge on any atom is 0.262 e. The van der Waals surface area contributed by atoms with Gasteiger partial charge in [0.1, 0.15) is 11.5 Å².